The highest BCUT2D eigenvalue weighted by atomic mass is 79.9. The molecule has 4 N–H and O–H groups in total. The van der Waals surface area contributed by atoms with Crippen LogP contribution < -0.4 is 11.1 Å². The Kier molecular flexibility index (Phi) is 4.53. The Bertz CT molecular complexity index is 1110. The van der Waals surface area contributed by atoms with Crippen molar-refractivity contribution < 1.29 is 0 Å². The molecular formula is C22H22BrN5. The summed E-state index contributed by atoms with van der Waals surface area (Å²) in [5, 5.41) is 4.91. The lowest BCUT2D eigenvalue weighted by Gasteiger charge is -2.28. The van der Waals surface area contributed by atoms with Crippen LogP contribution in [0, 0.1) is 0 Å². The van der Waals surface area contributed by atoms with E-state index in [0.29, 0.717) is 12.1 Å². The van der Waals surface area contributed by atoms with Gasteiger partial charge in [-0.2, -0.15) is 0 Å². The summed E-state index contributed by atoms with van der Waals surface area (Å²) in [5.74, 6) is 0.839. The van der Waals surface area contributed by atoms with Crippen molar-refractivity contribution >= 4 is 43.6 Å². The fourth-order valence-electron chi connectivity index (χ4n) is 4.05. The van der Waals surface area contributed by atoms with E-state index in [1.165, 1.54) is 0 Å². The first kappa shape index (κ1) is 17.6. The molecule has 0 saturated heterocycles. The van der Waals surface area contributed by atoms with Gasteiger partial charge in [-0.05, 0) is 56.0 Å². The SMILES string of the molecule is NC1CCC(Nc2c(-c3nc4ccccc4[nH]3)cnc3ccc(Br)cc23)CC1. The number of aromatic amines is 1. The second kappa shape index (κ2) is 7.18. The zero-order valence-corrected chi connectivity index (χ0v) is 17.0. The molecule has 1 fully saturated rings. The molecule has 0 aliphatic heterocycles. The summed E-state index contributed by atoms with van der Waals surface area (Å²) >= 11 is 3.61. The largest absolute Gasteiger partial charge is 0.381 e. The predicted octanol–water partition coefficient (Wildman–Crippen LogP) is 5.22. The first-order valence-corrected chi connectivity index (χ1v) is 10.5. The van der Waals surface area contributed by atoms with Crippen LogP contribution in [0.4, 0.5) is 5.69 Å². The number of benzene rings is 2. The van der Waals surface area contributed by atoms with E-state index in [4.69, 9.17) is 15.7 Å². The molecule has 2 heterocycles. The smallest absolute Gasteiger partial charge is 0.142 e. The van der Waals surface area contributed by atoms with Gasteiger partial charge in [0.2, 0.25) is 0 Å². The molecule has 5 rings (SSSR count). The van der Waals surface area contributed by atoms with E-state index >= 15 is 0 Å². The molecule has 1 aliphatic rings. The topological polar surface area (TPSA) is 79.6 Å². The van der Waals surface area contributed by atoms with Gasteiger partial charge in [-0.25, -0.2) is 4.98 Å². The number of para-hydroxylation sites is 2. The minimum atomic E-state index is 0.330. The summed E-state index contributed by atoms with van der Waals surface area (Å²) in [4.78, 5) is 13.0. The van der Waals surface area contributed by atoms with E-state index in [9.17, 15) is 0 Å². The number of H-pyrrole nitrogens is 1. The van der Waals surface area contributed by atoms with Crippen LogP contribution in [-0.4, -0.2) is 27.0 Å². The Morgan fingerprint density at radius 1 is 1.04 bits per heavy atom. The third-order valence-electron chi connectivity index (χ3n) is 5.59. The molecule has 1 aliphatic carbocycles. The van der Waals surface area contributed by atoms with Crippen molar-refractivity contribution in [3.05, 3.63) is 53.1 Å². The van der Waals surface area contributed by atoms with Crippen molar-refractivity contribution in [1.29, 1.82) is 0 Å². The van der Waals surface area contributed by atoms with Gasteiger partial charge in [0.25, 0.3) is 0 Å². The molecule has 2 aromatic heterocycles. The fourth-order valence-corrected chi connectivity index (χ4v) is 4.41. The average molecular weight is 436 g/mol. The lowest BCUT2D eigenvalue weighted by Crippen LogP contribution is -2.33. The zero-order chi connectivity index (χ0) is 19.1. The van der Waals surface area contributed by atoms with Gasteiger partial charge < -0.3 is 16.0 Å². The summed E-state index contributed by atoms with van der Waals surface area (Å²) in [6, 6.07) is 15.0. The van der Waals surface area contributed by atoms with Gasteiger partial charge in [-0.3, -0.25) is 4.98 Å². The Hall–Kier alpha value is -2.44. The van der Waals surface area contributed by atoms with Crippen molar-refractivity contribution in [2.24, 2.45) is 5.73 Å². The monoisotopic (exact) mass is 435 g/mol. The van der Waals surface area contributed by atoms with E-state index in [0.717, 1.165) is 69.2 Å². The number of halogens is 1. The predicted molar refractivity (Wildman–Crippen MR) is 118 cm³/mol. The Morgan fingerprint density at radius 2 is 1.86 bits per heavy atom. The van der Waals surface area contributed by atoms with E-state index < -0.39 is 0 Å². The molecule has 0 bridgehead atoms. The molecule has 28 heavy (non-hydrogen) atoms. The number of hydrogen-bond donors (Lipinski definition) is 3. The van der Waals surface area contributed by atoms with E-state index in [2.05, 4.69) is 32.3 Å². The summed E-state index contributed by atoms with van der Waals surface area (Å²) in [5.41, 5.74) is 11.2. The molecule has 0 atom stereocenters. The normalized spacial score (nSPS) is 19.9. The number of anilines is 1. The van der Waals surface area contributed by atoms with Crippen molar-refractivity contribution in [1.82, 2.24) is 15.0 Å². The highest BCUT2D eigenvalue weighted by molar-refractivity contribution is 9.10. The molecule has 0 amide bonds. The summed E-state index contributed by atoms with van der Waals surface area (Å²) < 4.78 is 1.04. The Morgan fingerprint density at radius 3 is 2.68 bits per heavy atom. The highest BCUT2D eigenvalue weighted by Crippen LogP contribution is 2.36. The van der Waals surface area contributed by atoms with Crippen molar-refractivity contribution in [3.8, 4) is 11.4 Å². The molecule has 0 radical (unpaired) electrons. The van der Waals surface area contributed by atoms with Gasteiger partial charge >= 0.3 is 0 Å². The maximum atomic E-state index is 6.11. The summed E-state index contributed by atoms with van der Waals surface area (Å²) in [6.45, 7) is 0. The van der Waals surface area contributed by atoms with Crippen LogP contribution in [0.1, 0.15) is 25.7 Å². The third kappa shape index (κ3) is 3.27. The molecule has 142 valence electrons. The summed E-state index contributed by atoms with van der Waals surface area (Å²) in [7, 11) is 0. The minimum absolute atomic E-state index is 0.330. The fraction of sp³-hybridized carbons (Fsp3) is 0.273. The number of imidazole rings is 1. The number of nitrogens with one attached hydrogen (secondary N) is 2. The molecule has 6 heteroatoms. The van der Waals surface area contributed by atoms with Crippen LogP contribution in [0.3, 0.4) is 0 Å². The maximum Gasteiger partial charge on any atom is 0.142 e. The van der Waals surface area contributed by atoms with Crippen LogP contribution in [0.5, 0.6) is 0 Å². The van der Waals surface area contributed by atoms with Gasteiger partial charge in [0, 0.05) is 28.1 Å². The molecule has 0 unspecified atom stereocenters. The van der Waals surface area contributed by atoms with Gasteiger partial charge in [0.1, 0.15) is 5.82 Å². The lowest BCUT2D eigenvalue weighted by molar-refractivity contribution is 0.411. The first-order chi connectivity index (χ1) is 13.7. The number of nitrogens with two attached hydrogens (primary N) is 1. The maximum absolute atomic E-state index is 6.11. The van der Waals surface area contributed by atoms with Crippen LogP contribution in [-0.2, 0) is 0 Å². The van der Waals surface area contributed by atoms with Crippen LogP contribution >= 0.6 is 15.9 Å². The Balaban J connectivity index is 1.65. The summed E-state index contributed by atoms with van der Waals surface area (Å²) in [6.07, 6.45) is 6.21. The number of hydrogen-bond acceptors (Lipinski definition) is 4. The molecular weight excluding hydrogens is 414 g/mol. The second-order valence-electron chi connectivity index (χ2n) is 7.57. The van der Waals surface area contributed by atoms with Crippen molar-refractivity contribution in [3.63, 3.8) is 0 Å². The second-order valence-corrected chi connectivity index (χ2v) is 8.48. The van der Waals surface area contributed by atoms with Crippen LogP contribution in [0.2, 0.25) is 0 Å². The number of pyridine rings is 1. The van der Waals surface area contributed by atoms with Crippen LogP contribution in [0.15, 0.2) is 53.1 Å². The van der Waals surface area contributed by atoms with E-state index in [-0.39, 0.29) is 0 Å². The number of aromatic nitrogens is 3. The minimum Gasteiger partial charge on any atom is -0.381 e. The highest BCUT2D eigenvalue weighted by Gasteiger charge is 2.22. The molecule has 0 spiro atoms. The zero-order valence-electron chi connectivity index (χ0n) is 15.5. The third-order valence-corrected chi connectivity index (χ3v) is 6.09. The average Bonchev–Trinajstić information content (AvgIpc) is 3.14. The molecule has 1 saturated carbocycles. The number of fused-ring (bicyclic) bond motifs is 2. The number of rotatable bonds is 3. The quantitative estimate of drug-likeness (QED) is 0.411. The van der Waals surface area contributed by atoms with E-state index in [1.54, 1.807) is 0 Å². The van der Waals surface area contributed by atoms with Gasteiger partial charge in [0.05, 0.1) is 27.8 Å². The van der Waals surface area contributed by atoms with Gasteiger partial charge in [0.15, 0.2) is 0 Å². The van der Waals surface area contributed by atoms with Crippen molar-refractivity contribution in [2.45, 2.75) is 37.8 Å². The van der Waals surface area contributed by atoms with E-state index in [1.807, 2.05) is 42.6 Å². The van der Waals surface area contributed by atoms with Crippen molar-refractivity contribution in [2.75, 3.05) is 5.32 Å². The first-order valence-electron chi connectivity index (χ1n) is 9.73. The van der Waals surface area contributed by atoms with Gasteiger partial charge in [-0.1, -0.05) is 28.1 Å². The number of nitrogens with zero attached hydrogens (tertiary/aromatic N) is 2. The molecule has 4 aromatic rings. The van der Waals surface area contributed by atoms with Gasteiger partial charge in [-0.15, -0.1) is 0 Å². The Labute approximate surface area is 171 Å². The molecule has 2 aromatic carbocycles. The lowest BCUT2D eigenvalue weighted by atomic mass is 9.91. The van der Waals surface area contributed by atoms with Crippen LogP contribution in [0.25, 0.3) is 33.3 Å². The standard InChI is InChI=1S/C22H22BrN5/c23-13-5-10-18-16(11-13)21(26-15-8-6-14(24)7-9-15)17(12-25-18)22-27-19-3-1-2-4-20(19)28-22/h1-5,10-12,14-15H,6-9,24H2,(H,25,26)(H,27,28). The molecule has 5 nitrogen and oxygen atoms in total.